The summed E-state index contributed by atoms with van der Waals surface area (Å²) in [7, 11) is 1.63. The monoisotopic (exact) mass is 1200 g/mol. The summed E-state index contributed by atoms with van der Waals surface area (Å²) in [5.74, 6) is -0.138. The first kappa shape index (κ1) is 82.5. The van der Waals surface area contributed by atoms with Gasteiger partial charge in [0, 0.05) is 6.42 Å². The number of unbranched alkanes of at least 4 members (excludes halogenated alkanes) is 48. The van der Waals surface area contributed by atoms with Crippen LogP contribution in [0.4, 0.5) is 0 Å². The van der Waals surface area contributed by atoms with Crippen molar-refractivity contribution in [1.29, 1.82) is 0 Å². The standard InChI is InChI=1S/C75H145N2O6P/c1-6-8-10-12-14-16-18-20-22-24-26-28-30-32-34-36-38-40-42-44-46-48-50-52-54-56-58-60-62-64-66-68-74(78)73(72-83-84(80,81)82-71-70-77(3,4)5)76-75(79)69-67-65-63-61-59-57-55-53-51-49-47-45-43-41-39-37-35-33-31-29-27-25-23-21-19-17-15-13-11-9-7-2/h9,11,15,17,21,23,27,29,73-74,78H,6-8,10,12-14,16,18-20,22,24-26,28,30-72H2,1-5H3,(H-,76,79,80,81)/p+1/b11-9-,17-15-,23-21-,29-27-. The molecule has 3 atom stereocenters. The quantitative estimate of drug-likeness (QED) is 0.0243. The minimum Gasteiger partial charge on any atom is -0.391 e. The lowest BCUT2D eigenvalue weighted by Crippen LogP contribution is -2.46. The fraction of sp³-hybridized carbons (Fsp3) is 0.880. The largest absolute Gasteiger partial charge is 0.472 e. The average Bonchev–Trinajstić information content (AvgIpc) is 3.56. The molecule has 3 N–H and O–H groups in total. The molecule has 0 bridgehead atoms. The lowest BCUT2D eigenvalue weighted by Gasteiger charge is -2.26. The van der Waals surface area contributed by atoms with Crippen LogP contribution in [0, 0.1) is 0 Å². The Balaban J connectivity index is 3.97. The Morgan fingerprint density at radius 1 is 0.417 bits per heavy atom. The van der Waals surface area contributed by atoms with E-state index in [4.69, 9.17) is 9.05 Å². The number of phosphoric acid groups is 1. The predicted octanol–water partition coefficient (Wildman–Crippen LogP) is 23.8. The van der Waals surface area contributed by atoms with Crippen LogP contribution in [0.25, 0.3) is 0 Å². The number of aliphatic hydroxyl groups is 1. The molecule has 1 amide bonds. The zero-order chi connectivity index (χ0) is 61.2. The highest BCUT2D eigenvalue weighted by Crippen LogP contribution is 2.43. The number of nitrogens with one attached hydrogen (secondary N) is 1. The van der Waals surface area contributed by atoms with Crippen molar-refractivity contribution in [1.82, 2.24) is 5.32 Å². The van der Waals surface area contributed by atoms with Gasteiger partial charge in [-0.25, -0.2) is 4.57 Å². The van der Waals surface area contributed by atoms with Crippen molar-refractivity contribution in [2.45, 2.75) is 386 Å². The molecule has 0 fully saturated rings. The second-order valence-electron chi connectivity index (χ2n) is 26.7. The molecule has 0 aromatic heterocycles. The summed E-state index contributed by atoms with van der Waals surface area (Å²) in [6.45, 7) is 4.83. The summed E-state index contributed by atoms with van der Waals surface area (Å²) >= 11 is 0. The van der Waals surface area contributed by atoms with E-state index < -0.39 is 20.0 Å². The van der Waals surface area contributed by atoms with E-state index in [1.807, 2.05) is 21.1 Å². The van der Waals surface area contributed by atoms with Gasteiger partial charge in [-0.1, -0.05) is 364 Å². The molecule has 0 radical (unpaired) electrons. The molecular formula is C75H146N2O6P+. The number of carbonyl (C=O) groups is 1. The third kappa shape index (κ3) is 68.0. The summed E-state index contributed by atoms with van der Waals surface area (Å²) in [6, 6.07) is -0.762. The molecule has 84 heavy (non-hydrogen) atoms. The highest BCUT2D eigenvalue weighted by molar-refractivity contribution is 7.47. The zero-order valence-electron chi connectivity index (χ0n) is 56.9. The topological polar surface area (TPSA) is 105 Å². The predicted molar refractivity (Wildman–Crippen MR) is 369 cm³/mol. The van der Waals surface area contributed by atoms with E-state index in [1.54, 1.807) is 0 Å². The highest BCUT2D eigenvalue weighted by atomic mass is 31.2. The van der Waals surface area contributed by atoms with Crippen LogP contribution in [0.3, 0.4) is 0 Å². The first-order valence-corrected chi connectivity index (χ1v) is 38.5. The Labute approximate surface area is 524 Å². The smallest absolute Gasteiger partial charge is 0.391 e. The van der Waals surface area contributed by atoms with Gasteiger partial charge in [-0.3, -0.25) is 13.8 Å². The molecule has 0 spiro atoms. The maximum Gasteiger partial charge on any atom is 0.472 e. The van der Waals surface area contributed by atoms with Crippen LogP contribution >= 0.6 is 7.82 Å². The van der Waals surface area contributed by atoms with Crippen molar-refractivity contribution in [2.75, 3.05) is 40.9 Å². The molecule has 0 aliphatic rings. The molecule has 0 aromatic rings. The van der Waals surface area contributed by atoms with Gasteiger partial charge < -0.3 is 19.8 Å². The molecule has 0 saturated heterocycles. The van der Waals surface area contributed by atoms with Crippen molar-refractivity contribution < 1.29 is 32.9 Å². The summed E-state index contributed by atoms with van der Waals surface area (Å²) < 4.78 is 23.9. The fourth-order valence-corrected chi connectivity index (χ4v) is 12.1. The number of likely N-dealkylation sites (N-methyl/N-ethyl adjacent to an activating group) is 1. The van der Waals surface area contributed by atoms with Crippen molar-refractivity contribution in [2.24, 2.45) is 0 Å². The summed E-state index contributed by atoms with van der Waals surface area (Å²) in [4.78, 5) is 23.5. The Kier molecular flexibility index (Phi) is 64.7. The summed E-state index contributed by atoms with van der Waals surface area (Å²) in [5, 5.41) is 14.2. The minimum atomic E-state index is -4.33. The molecule has 3 unspecified atom stereocenters. The van der Waals surface area contributed by atoms with Crippen LogP contribution in [0.5, 0.6) is 0 Å². The molecule has 9 heteroatoms. The Hall–Kier alpha value is -1.54. The molecule has 0 rings (SSSR count). The first-order valence-electron chi connectivity index (χ1n) is 37.0. The van der Waals surface area contributed by atoms with E-state index in [-0.39, 0.29) is 19.1 Å². The van der Waals surface area contributed by atoms with E-state index in [9.17, 15) is 19.4 Å². The molecule has 0 aliphatic heterocycles. The molecule has 0 heterocycles. The second kappa shape index (κ2) is 65.9. The van der Waals surface area contributed by atoms with Gasteiger partial charge in [0.1, 0.15) is 13.2 Å². The molecular weight excluding hydrogens is 1060 g/mol. The first-order chi connectivity index (χ1) is 41.0. The number of carbonyl (C=O) groups excluding carboxylic acids is 1. The van der Waals surface area contributed by atoms with Crippen molar-refractivity contribution in [3.05, 3.63) is 48.6 Å². The van der Waals surface area contributed by atoms with Gasteiger partial charge >= 0.3 is 7.82 Å². The van der Waals surface area contributed by atoms with Gasteiger partial charge in [0.15, 0.2) is 0 Å². The van der Waals surface area contributed by atoms with Crippen LogP contribution in [0.15, 0.2) is 48.6 Å². The molecule has 8 nitrogen and oxygen atoms in total. The third-order valence-corrected chi connectivity index (χ3v) is 18.1. The number of hydrogen-bond acceptors (Lipinski definition) is 5. The van der Waals surface area contributed by atoms with Crippen LogP contribution < -0.4 is 5.32 Å². The second-order valence-corrected chi connectivity index (χ2v) is 28.1. The highest BCUT2D eigenvalue weighted by Gasteiger charge is 2.28. The number of hydrogen-bond donors (Lipinski definition) is 3. The molecule has 0 saturated carbocycles. The number of quaternary nitrogens is 1. The summed E-state index contributed by atoms with van der Waals surface area (Å²) in [5.41, 5.74) is 0. The number of phosphoric ester groups is 1. The molecule has 0 aromatic carbocycles. The lowest BCUT2D eigenvalue weighted by atomic mass is 10.0. The summed E-state index contributed by atoms with van der Waals surface area (Å²) in [6.07, 6.45) is 89.5. The van der Waals surface area contributed by atoms with E-state index in [1.165, 1.54) is 283 Å². The SMILES string of the molecule is CC/C=C\C/C=C\C/C=C\C/C=C\CCCCCCCCCCCCCCCCCCCCC(=O)NC(COP(=O)(O)OCC[N+](C)(C)C)C(O)CCCCCCCCCCCCCCCCCCCCCCCCCCCCCCCCC. The number of amides is 1. The van der Waals surface area contributed by atoms with Gasteiger partial charge in [-0.2, -0.15) is 0 Å². The third-order valence-electron chi connectivity index (χ3n) is 17.1. The van der Waals surface area contributed by atoms with E-state index in [0.717, 1.165) is 64.2 Å². The van der Waals surface area contributed by atoms with Crippen LogP contribution in [-0.4, -0.2) is 73.4 Å². The van der Waals surface area contributed by atoms with E-state index in [0.29, 0.717) is 23.9 Å². The van der Waals surface area contributed by atoms with E-state index >= 15 is 0 Å². The Morgan fingerprint density at radius 3 is 1.05 bits per heavy atom. The van der Waals surface area contributed by atoms with Crippen LogP contribution in [0.2, 0.25) is 0 Å². The van der Waals surface area contributed by atoms with Crippen molar-refractivity contribution >= 4 is 13.7 Å². The normalized spacial score (nSPS) is 13.8. The number of nitrogens with zero attached hydrogens (tertiary/aromatic N) is 1. The Morgan fingerprint density at radius 2 is 0.714 bits per heavy atom. The number of allylic oxidation sites excluding steroid dienone is 8. The van der Waals surface area contributed by atoms with Crippen LogP contribution in [-0.2, 0) is 18.4 Å². The average molecular weight is 1200 g/mol. The van der Waals surface area contributed by atoms with Gasteiger partial charge in [0.2, 0.25) is 5.91 Å². The fourth-order valence-electron chi connectivity index (χ4n) is 11.4. The maximum atomic E-state index is 13.1. The van der Waals surface area contributed by atoms with Crippen LogP contribution in [0.1, 0.15) is 373 Å². The van der Waals surface area contributed by atoms with Crippen molar-refractivity contribution in [3.8, 4) is 0 Å². The van der Waals surface area contributed by atoms with Gasteiger partial charge in [-0.05, 0) is 51.4 Å². The molecule has 0 aliphatic carbocycles. The van der Waals surface area contributed by atoms with Gasteiger partial charge in [0.05, 0.1) is 39.9 Å². The number of rotatable bonds is 69. The van der Waals surface area contributed by atoms with Crippen molar-refractivity contribution in [3.63, 3.8) is 0 Å². The van der Waals surface area contributed by atoms with Gasteiger partial charge in [-0.15, -0.1) is 0 Å². The van der Waals surface area contributed by atoms with E-state index in [2.05, 4.69) is 67.8 Å². The minimum absolute atomic E-state index is 0.0760. The maximum absolute atomic E-state index is 13.1. The zero-order valence-corrected chi connectivity index (χ0v) is 57.8. The molecule has 496 valence electrons. The Bertz CT molecular complexity index is 1510. The van der Waals surface area contributed by atoms with Gasteiger partial charge in [0.25, 0.3) is 0 Å². The lowest BCUT2D eigenvalue weighted by molar-refractivity contribution is -0.870. The number of aliphatic hydroxyl groups excluding tert-OH is 1.